The van der Waals surface area contributed by atoms with Gasteiger partial charge in [0.2, 0.25) is 0 Å². The van der Waals surface area contributed by atoms with Crippen LogP contribution in [0.4, 0.5) is 4.79 Å². The van der Waals surface area contributed by atoms with Gasteiger partial charge in [0, 0.05) is 5.75 Å². The van der Waals surface area contributed by atoms with Gasteiger partial charge in [-0.25, -0.2) is 10.5 Å². The Morgan fingerprint density at radius 3 is 2.71 bits per heavy atom. The molecular weight excluding hydrogens is 112 g/mol. The Hall–Kier alpha value is -0.380. The molecule has 0 fully saturated rings. The fourth-order valence-corrected chi connectivity index (χ4v) is 0.413. The first-order valence-electron chi connectivity index (χ1n) is 1.90. The number of carbonyl (C=O) groups is 1. The van der Waals surface area contributed by atoms with Crippen LogP contribution in [0.3, 0.4) is 0 Å². The van der Waals surface area contributed by atoms with E-state index in [0.717, 1.165) is 5.75 Å². The third kappa shape index (κ3) is 5.62. The van der Waals surface area contributed by atoms with E-state index in [-0.39, 0.29) is 0 Å². The van der Waals surface area contributed by atoms with E-state index in [4.69, 9.17) is 5.73 Å². The number of amides is 2. The summed E-state index contributed by atoms with van der Waals surface area (Å²) in [5.41, 5.74) is 6.31. The lowest BCUT2D eigenvalue weighted by molar-refractivity contribution is 0.253. The number of hydrogen-bond donors (Lipinski definition) is 1. The number of hydrogen-bond acceptors (Lipinski definition) is 2. The largest absolute Gasteiger partial charge is 0.343 e. The van der Waals surface area contributed by atoms with Crippen molar-refractivity contribution in [3.63, 3.8) is 0 Å². The number of carbonyl (C=O) groups excluding carboxylic acids is 1. The third-order valence-corrected chi connectivity index (χ3v) is 0.928. The highest BCUT2D eigenvalue weighted by Gasteiger charge is 1.86. The molecule has 2 amide bonds. The average molecular weight is 119 g/mol. The normalized spacial score (nSPS) is 8.14. The standard InChI is InChI=1S/C3H7N2OS/c1-2-7-5-3(4)6/h4H,2H2,1H3,(H,5,6). The minimum Gasteiger partial charge on any atom is -0.280 e. The summed E-state index contributed by atoms with van der Waals surface area (Å²) >= 11 is 1.23. The second-order valence-corrected chi connectivity index (χ2v) is 1.93. The van der Waals surface area contributed by atoms with Crippen molar-refractivity contribution < 1.29 is 4.79 Å². The lowest BCUT2D eigenvalue weighted by Gasteiger charge is -1.91. The second-order valence-electron chi connectivity index (χ2n) is 0.864. The molecule has 0 heterocycles. The Kier molecular flexibility index (Phi) is 3.59. The van der Waals surface area contributed by atoms with Crippen molar-refractivity contribution in [2.24, 2.45) is 0 Å². The molecule has 0 aliphatic rings. The van der Waals surface area contributed by atoms with Gasteiger partial charge in [-0.1, -0.05) is 6.92 Å². The monoisotopic (exact) mass is 119 g/mol. The van der Waals surface area contributed by atoms with Gasteiger partial charge in [-0.2, -0.15) is 0 Å². The van der Waals surface area contributed by atoms with E-state index >= 15 is 0 Å². The summed E-state index contributed by atoms with van der Waals surface area (Å²) in [6.07, 6.45) is 0. The summed E-state index contributed by atoms with van der Waals surface area (Å²) in [5.74, 6) is 0.810. The van der Waals surface area contributed by atoms with Crippen LogP contribution < -0.4 is 10.5 Å². The van der Waals surface area contributed by atoms with Gasteiger partial charge in [-0.3, -0.25) is 4.72 Å². The summed E-state index contributed by atoms with van der Waals surface area (Å²) in [5, 5.41) is 0. The molecule has 0 unspecified atom stereocenters. The van der Waals surface area contributed by atoms with Crippen molar-refractivity contribution in [1.82, 2.24) is 10.5 Å². The Bertz CT molecular complexity index is 66.0. The molecule has 0 bridgehead atoms. The van der Waals surface area contributed by atoms with E-state index in [2.05, 4.69) is 4.72 Å². The smallest absolute Gasteiger partial charge is 0.280 e. The van der Waals surface area contributed by atoms with Crippen LogP contribution in [-0.2, 0) is 0 Å². The fourth-order valence-electron chi connectivity index (χ4n) is 0.138. The van der Waals surface area contributed by atoms with Gasteiger partial charge in [0.05, 0.1) is 0 Å². The predicted octanol–water partition coefficient (Wildman–Crippen LogP) is 0.647. The minimum absolute atomic E-state index is 0.730. The van der Waals surface area contributed by atoms with Crippen molar-refractivity contribution in [2.75, 3.05) is 5.75 Å². The van der Waals surface area contributed by atoms with E-state index in [1.54, 1.807) is 0 Å². The Labute approximate surface area is 46.8 Å². The summed E-state index contributed by atoms with van der Waals surface area (Å²) in [4.78, 5) is 9.74. The molecule has 0 aromatic carbocycles. The summed E-state index contributed by atoms with van der Waals surface area (Å²) in [6.45, 7) is 1.90. The Balaban J connectivity index is 2.82. The molecular formula is C3H7N2OS. The molecule has 3 nitrogen and oxygen atoms in total. The van der Waals surface area contributed by atoms with E-state index in [1.165, 1.54) is 11.9 Å². The molecule has 0 spiro atoms. The molecule has 0 aliphatic carbocycles. The molecule has 0 aliphatic heterocycles. The first kappa shape index (κ1) is 6.62. The van der Waals surface area contributed by atoms with Crippen molar-refractivity contribution >= 4 is 18.0 Å². The molecule has 7 heavy (non-hydrogen) atoms. The van der Waals surface area contributed by atoms with Crippen LogP contribution in [0.25, 0.3) is 0 Å². The zero-order chi connectivity index (χ0) is 5.70. The molecule has 41 valence electrons. The topological polar surface area (TPSA) is 52.9 Å². The minimum atomic E-state index is -0.730. The van der Waals surface area contributed by atoms with Gasteiger partial charge in [-0.15, -0.1) is 0 Å². The van der Waals surface area contributed by atoms with Crippen molar-refractivity contribution in [1.29, 1.82) is 0 Å². The highest BCUT2D eigenvalue weighted by molar-refractivity contribution is 7.97. The van der Waals surface area contributed by atoms with Crippen molar-refractivity contribution in [3.05, 3.63) is 0 Å². The third-order valence-electron chi connectivity index (χ3n) is 0.309. The molecule has 0 saturated carbocycles. The van der Waals surface area contributed by atoms with E-state index < -0.39 is 6.03 Å². The number of nitrogens with one attached hydrogen (secondary N) is 2. The summed E-state index contributed by atoms with van der Waals surface area (Å²) in [7, 11) is 0. The van der Waals surface area contributed by atoms with Gasteiger partial charge in [0.1, 0.15) is 0 Å². The molecule has 0 atom stereocenters. The van der Waals surface area contributed by atoms with E-state index in [9.17, 15) is 4.79 Å². The first-order valence-corrected chi connectivity index (χ1v) is 2.89. The number of urea groups is 1. The molecule has 1 radical (unpaired) electrons. The molecule has 0 rings (SSSR count). The molecule has 2 N–H and O–H groups in total. The summed E-state index contributed by atoms with van der Waals surface area (Å²) in [6, 6.07) is -0.730. The van der Waals surface area contributed by atoms with Crippen LogP contribution in [0.2, 0.25) is 0 Å². The maximum atomic E-state index is 9.74. The Morgan fingerprint density at radius 2 is 2.57 bits per heavy atom. The van der Waals surface area contributed by atoms with Crippen LogP contribution in [0.5, 0.6) is 0 Å². The predicted molar refractivity (Wildman–Crippen MR) is 29.8 cm³/mol. The van der Waals surface area contributed by atoms with Crippen LogP contribution in [0, 0.1) is 0 Å². The zero-order valence-corrected chi connectivity index (χ0v) is 4.84. The molecule has 4 heteroatoms. The van der Waals surface area contributed by atoms with Crippen molar-refractivity contribution in [3.8, 4) is 0 Å². The van der Waals surface area contributed by atoms with Crippen LogP contribution in [0.15, 0.2) is 0 Å². The molecule has 0 aromatic rings. The van der Waals surface area contributed by atoms with Crippen LogP contribution in [-0.4, -0.2) is 11.8 Å². The van der Waals surface area contributed by atoms with E-state index in [0.29, 0.717) is 0 Å². The quantitative estimate of drug-likeness (QED) is 0.542. The second kappa shape index (κ2) is 3.80. The van der Waals surface area contributed by atoms with Gasteiger partial charge in [0.15, 0.2) is 0 Å². The highest BCUT2D eigenvalue weighted by Crippen LogP contribution is 1.87. The highest BCUT2D eigenvalue weighted by atomic mass is 32.2. The van der Waals surface area contributed by atoms with Gasteiger partial charge < -0.3 is 0 Å². The first-order chi connectivity index (χ1) is 3.27. The maximum absolute atomic E-state index is 9.74. The zero-order valence-electron chi connectivity index (χ0n) is 4.02. The Morgan fingerprint density at radius 1 is 2.00 bits per heavy atom. The molecule has 0 saturated heterocycles. The van der Waals surface area contributed by atoms with Gasteiger partial charge in [0.25, 0.3) is 0 Å². The lowest BCUT2D eigenvalue weighted by Crippen LogP contribution is -2.13. The lowest BCUT2D eigenvalue weighted by atomic mass is 11.0. The summed E-state index contributed by atoms with van der Waals surface area (Å²) < 4.78 is 2.24. The van der Waals surface area contributed by atoms with Gasteiger partial charge >= 0.3 is 6.03 Å². The average Bonchev–Trinajstić information content (AvgIpc) is 1.61. The maximum Gasteiger partial charge on any atom is 0.343 e. The SMILES string of the molecule is CCSNC([NH])=O. The number of rotatable bonds is 2. The van der Waals surface area contributed by atoms with Crippen LogP contribution >= 0.6 is 11.9 Å². The van der Waals surface area contributed by atoms with Crippen molar-refractivity contribution in [2.45, 2.75) is 6.92 Å². The van der Waals surface area contributed by atoms with E-state index in [1.807, 2.05) is 6.92 Å². The molecule has 0 aromatic heterocycles. The van der Waals surface area contributed by atoms with Crippen LogP contribution in [0.1, 0.15) is 6.92 Å². The fraction of sp³-hybridized carbons (Fsp3) is 0.667. The van der Waals surface area contributed by atoms with Gasteiger partial charge in [-0.05, 0) is 11.9 Å².